The molecule has 0 aliphatic rings. The highest BCUT2D eigenvalue weighted by Gasteiger charge is 2.43. The molecule has 0 bridgehead atoms. The lowest BCUT2D eigenvalue weighted by molar-refractivity contribution is 0.236. The molecule has 114 valence electrons. The minimum atomic E-state index is -1.10. The molecule has 1 aromatic rings. The Kier molecular flexibility index (Phi) is 6.52. The van der Waals surface area contributed by atoms with Crippen molar-refractivity contribution in [3.63, 3.8) is 0 Å². The lowest BCUT2D eigenvalue weighted by Gasteiger charge is -2.44. The van der Waals surface area contributed by atoms with E-state index >= 15 is 0 Å². The lowest BCUT2D eigenvalue weighted by Crippen LogP contribution is -2.42. The summed E-state index contributed by atoms with van der Waals surface area (Å²) in [5.41, 5.74) is 2.78. The molecule has 0 saturated carbocycles. The topological polar surface area (TPSA) is 0 Å². The van der Waals surface area contributed by atoms with E-state index in [4.69, 9.17) is 0 Å². The maximum atomic E-state index is 4.20. The average Bonchev–Trinajstić information content (AvgIpc) is 2.49. The molecule has 0 heterocycles. The minimum absolute atomic E-state index is 0.283. The molecule has 2 unspecified atom stereocenters. The summed E-state index contributed by atoms with van der Waals surface area (Å²) in [6.45, 7) is 14.5. The molecule has 0 spiro atoms. The van der Waals surface area contributed by atoms with E-state index in [-0.39, 0.29) is 5.04 Å². The van der Waals surface area contributed by atoms with Crippen molar-refractivity contribution in [3.8, 4) is 0 Å². The predicted octanol–water partition coefficient (Wildman–Crippen LogP) is 6.23. The quantitative estimate of drug-likeness (QED) is 0.402. The standard InChI is InChI=1S/C18H31BrSi/c1-7-18(8-2,9-3)15(4)20(19)17(5,6)16-13-11-10-12-14-16/h10-15,20H,7-9H2,1-6H3. The molecular formula is C18H31BrSi. The van der Waals surface area contributed by atoms with Gasteiger partial charge in [-0.1, -0.05) is 91.1 Å². The Morgan fingerprint density at radius 1 is 1.00 bits per heavy atom. The van der Waals surface area contributed by atoms with Gasteiger partial charge in [0.1, 0.15) is 7.42 Å². The molecule has 0 amide bonds. The van der Waals surface area contributed by atoms with Crippen LogP contribution in [0.25, 0.3) is 0 Å². The second-order valence-electron chi connectivity index (χ2n) is 6.70. The Bertz CT molecular complexity index is 387. The Hall–Kier alpha value is -0.0831. The Labute approximate surface area is 135 Å². The van der Waals surface area contributed by atoms with Crippen molar-refractivity contribution in [2.24, 2.45) is 5.41 Å². The van der Waals surface area contributed by atoms with Crippen LogP contribution in [0.3, 0.4) is 0 Å². The SMILES string of the molecule is CCC(CC)(CC)C(C)[SiH](Br)C(C)(C)c1ccccc1. The number of hydrogen-bond acceptors (Lipinski definition) is 0. The normalized spacial score (nSPS) is 15.9. The third kappa shape index (κ3) is 3.39. The van der Waals surface area contributed by atoms with Gasteiger partial charge in [-0.25, -0.2) is 0 Å². The molecule has 0 aromatic heterocycles. The summed E-state index contributed by atoms with van der Waals surface area (Å²) in [4.78, 5) is 0. The van der Waals surface area contributed by atoms with Crippen LogP contribution in [-0.2, 0) is 5.04 Å². The van der Waals surface area contributed by atoms with E-state index in [9.17, 15) is 0 Å². The summed E-state index contributed by atoms with van der Waals surface area (Å²) in [6, 6.07) is 11.0. The molecule has 2 heteroatoms. The fourth-order valence-electron chi connectivity index (χ4n) is 3.68. The minimum Gasteiger partial charge on any atom is -0.130 e. The molecule has 0 fully saturated rings. The molecule has 1 rings (SSSR count). The van der Waals surface area contributed by atoms with Gasteiger partial charge in [-0.2, -0.15) is 0 Å². The van der Waals surface area contributed by atoms with Crippen molar-refractivity contribution >= 4 is 22.7 Å². The zero-order valence-corrected chi connectivity index (χ0v) is 16.8. The first-order valence-electron chi connectivity index (χ1n) is 8.05. The lowest BCUT2D eigenvalue weighted by atomic mass is 9.77. The van der Waals surface area contributed by atoms with Crippen molar-refractivity contribution in [1.29, 1.82) is 0 Å². The largest absolute Gasteiger partial charge is 0.130 e. The van der Waals surface area contributed by atoms with Gasteiger partial charge >= 0.3 is 0 Å². The first kappa shape index (κ1) is 18.0. The van der Waals surface area contributed by atoms with Gasteiger partial charge in [0.2, 0.25) is 0 Å². The molecule has 0 aliphatic carbocycles. The second-order valence-corrected chi connectivity index (χ2v) is 12.9. The van der Waals surface area contributed by atoms with E-state index in [1.165, 1.54) is 24.8 Å². The fraction of sp³-hybridized carbons (Fsp3) is 0.667. The number of hydrogen-bond donors (Lipinski definition) is 0. The van der Waals surface area contributed by atoms with Gasteiger partial charge in [-0.3, -0.25) is 0 Å². The van der Waals surface area contributed by atoms with Gasteiger partial charge in [0, 0.05) is 0 Å². The monoisotopic (exact) mass is 354 g/mol. The number of benzene rings is 1. The Morgan fingerprint density at radius 2 is 1.45 bits per heavy atom. The maximum Gasteiger partial charge on any atom is 0.127 e. The molecule has 0 saturated heterocycles. The van der Waals surface area contributed by atoms with Gasteiger partial charge in [-0.15, -0.1) is 15.3 Å². The fourth-order valence-corrected chi connectivity index (χ4v) is 9.24. The summed E-state index contributed by atoms with van der Waals surface area (Å²) in [5, 5.41) is 0.283. The third-order valence-electron chi connectivity index (χ3n) is 5.72. The first-order valence-corrected chi connectivity index (χ1v) is 12.5. The zero-order valence-electron chi connectivity index (χ0n) is 14.0. The molecule has 0 radical (unpaired) electrons. The van der Waals surface area contributed by atoms with E-state index < -0.39 is 7.42 Å². The van der Waals surface area contributed by atoms with Crippen molar-refractivity contribution < 1.29 is 0 Å². The van der Waals surface area contributed by atoms with E-state index in [0.29, 0.717) is 5.41 Å². The van der Waals surface area contributed by atoms with Crippen LogP contribution in [0.1, 0.15) is 66.4 Å². The van der Waals surface area contributed by atoms with E-state index in [1.54, 1.807) is 0 Å². The summed E-state index contributed by atoms with van der Waals surface area (Å²) < 4.78 is 0. The maximum absolute atomic E-state index is 4.20. The summed E-state index contributed by atoms with van der Waals surface area (Å²) in [5.74, 6) is 0. The van der Waals surface area contributed by atoms with Crippen LogP contribution in [0.15, 0.2) is 30.3 Å². The van der Waals surface area contributed by atoms with Crippen LogP contribution in [-0.4, -0.2) is 7.42 Å². The Balaban J connectivity index is 3.06. The Morgan fingerprint density at radius 3 is 1.85 bits per heavy atom. The van der Waals surface area contributed by atoms with E-state index in [2.05, 4.69) is 87.2 Å². The van der Waals surface area contributed by atoms with Crippen LogP contribution in [0.2, 0.25) is 5.54 Å². The molecule has 2 atom stereocenters. The smallest absolute Gasteiger partial charge is 0.127 e. The van der Waals surface area contributed by atoms with Crippen molar-refractivity contribution in [2.75, 3.05) is 0 Å². The van der Waals surface area contributed by atoms with Crippen LogP contribution >= 0.6 is 15.3 Å². The van der Waals surface area contributed by atoms with Crippen molar-refractivity contribution in [3.05, 3.63) is 35.9 Å². The van der Waals surface area contributed by atoms with Crippen LogP contribution in [0, 0.1) is 5.41 Å². The first-order chi connectivity index (χ1) is 9.35. The number of rotatable bonds is 7. The zero-order chi connectivity index (χ0) is 15.4. The molecule has 1 aromatic carbocycles. The summed E-state index contributed by atoms with van der Waals surface area (Å²) in [6.07, 6.45) is 3.88. The molecular weight excluding hydrogens is 324 g/mol. The predicted molar refractivity (Wildman–Crippen MR) is 98.3 cm³/mol. The van der Waals surface area contributed by atoms with Crippen molar-refractivity contribution in [1.82, 2.24) is 0 Å². The van der Waals surface area contributed by atoms with E-state index in [0.717, 1.165) is 5.54 Å². The van der Waals surface area contributed by atoms with Crippen LogP contribution < -0.4 is 0 Å². The molecule has 0 aliphatic heterocycles. The molecule has 0 nitrogen and oxygen atoms in total. The highest BCUT2D eigenvalue weighted by molar-refractivity contribution is 9.24. The van der Waals surface area contributed by atoms with Crippen LogP contribution in [0.4, 0.5) is 0 Å². The summed E-state index contributed by atoms with van der Waals surface area (Å²) in [7, 11) is -1.10. The average molecular weight is 355 g/mol. The van der Waals surface area contributed by atoms with Gasteiger partial charge < -0.3 is 0 Å². The van der Waals surface area contributed by atoms with E-state index in [1.807, 2.05) is 0 Å². The molecule has 0 N–H and O–H groups in total. The van der Waals surface area contributed by atoms with Crippen molar-refractivity contribution in [2.45, 2.75) is 71.4 Å². The number of halogens is 1. The highest BCUT2D eigenvalue weighted by Crippen LogP contribution is 2.49. The van der Waals surface area contributed by atoms with Gasteiger partial charge in [-0.05, 0) is 21.6 Å². The summed E-state index contributed by atoms with van der Waals surface area (Å²) >= 11 is 4.20. The third-order valence-corrected chi connectivity index (χ3v) is 14.8. The van der Waals surface area contributed by atoms with Gasteiger partial charge in [0.15, 0.2) is 0 Å². The van der Waals surface area contributed by atoms with Crippen LogP contribution in [0.5, 0.6) is 0 Å². The van der Waals surface area contributed by atoms with Gasteiger partial charge in [0.05, 0.1) is 0 Å². The second kappa shape index (κ2) is 7.26. The molecule has 20 heavy (non-hydrogen) atoms. The highest BCUT2D eigenvalue weighted by atomic mass is 79.9. The van der Waals surface area contributed by atoms with Gasteiger partial charge in [0.25, 0.3) is 0 Å².